The van der Waals surface area contributed by atoms with Gasteiger partial charge in [-0.1, -0.05) is 0 Å². The number of anilines is 1. The Balaban J connectivity index is 1.75. The van der Waals surface area contributed by atoms with Crippen molar-refractivity contribution in [2.24, 2.45) is 0 Å². The fourth-order valence-electron chi connectivity index (χ4n) is 1.88. The first kappa shape index (κ1) is 9.09. The molecule has 4 heteroatoms. The van der Waals surface area contributed by atoms with Crippen molar-refractivity contribution in [3.63, 3.8) is 0 Å². The smallest absolute Gasteiger partial charge is 0.129 e. The predicted molar refractivity (Wildman–Crippen MR) is 56.6 cm³/mol. The molecule has 2 fully saturated rings. The fourth-order valence-corrected chi connectivity index (χ4v) is 1.88. The van der Waals surface area contributed by atoms with Crippen LogP contribution in [0.3, 0.4) is 0 Å². The van der Waals surface area contributed by atoms with Crippen molar-refractivity contribution in [2.45, 2.75) is 37.8 Å². The van der Waals surface area contributed by atoms with Crippen LogP contribution in [0.15, 0.2) is 12.4 Å². The summed E-state index contributed by atoms with van der Waals surface area (Å²) in [5.74, 6) is 0.943. The van der Waals surface area contributed by atoms with Crippen LogP contribution in [-0.2, 0) is 4.74 Å². The number of rotatable bonds is 3. The van der Waals surface area contributed by atoms with E-state index in [1.165, 1.54) is 12.8 Å². The largest absolute Gasteiger partial charge is 0.372 e. The molecule has 2 heterocycles. The molecule has 0 aromatic carbocycles. The van der Waals surface area contributed by atoms with Crippen LogP contribution < -0.4 is 5.32 Å². The van der Waals surface area contributed by atoms with E-state index >= 15 is 0 Å². The predicted octanol–water partition coefficient (Wildman–Crippen LogP) is 1.90. The molecule has 1 unspecified atom stereocenters. The highest BCUT2D eigenvalue weighted by Crippen LogP contribution is 2.29. The van der Waals surface area contributed by atoms with Gasteiger partial charge in [0.1, 0.15) is 12.1 Å². The average molecular weight is 205 g/mol. The van der Waals surface area contributed by atoms with E-state index in [9.17, 15) is 0 Å². The molecule has 1 saturated heterocycles. The summed E-state index contributed by atoms with van der Waals surface area (Å²) in [6, 6.07) is 2.66. The summed E-state index contributed by atoms with van der Waals surface area (Å²) in [7, 11) is 0. The van der Waals surface area contributed by atoms with Crippen LogP contribution in [0.1, 0.15) is 37.5 Å². The van der Waals surface area contributed by atoms with Gasteiger partial charge in [0.05, 0.1) is 11.8 Å². The van der Waals surface area contributed by atoms with Crippen molar-refractivity contribution in [1.29, 1.82) is 0 Å². The van der Waals surface area contributed by atoms with E-state index in [4.69, 9.17) is 4.74 Å². The molecule has 1 aliphatic heterocycles. The molecule has 0 bridgehead atoms. The Bertz CT molecular complexity index is 345. The summed E-state index contributed by atoms with van der Waals surface area (Å²) < 4.78 is 5.60. The minimum atomic E-state index is 0.188. The van der Waals surface area contributed by atoms with Gasteiger partial charge >= 0.3 is 0 Å². The summed E-state index contributed by atoms with van der Waals surface area (Å²) >= 11 is 0. The lowest BCUT2D eigenvalue weighted by atomic mass is 10.2. The molecule has 1 saturated carbocycles. The Morgan fingerprint density at radius 3 is 2.93 bits per heavy atom. The lowest BCUT2D eigenvalue weighted by Crippen LogP contribution is -2.06. The standard InChI is InChI=1S/C11H15N3O/c1-2-10(15-5-1)9-6-11(13-7-12-9)14-8-3-4-8/h6-8,10H,1-5H2,(H,12,13,14). The maximum Gasteiger partial charge on any atom is 0.129 e. The second kappa shape index (κ2) is 3.77. The normalized spacial score (nSPS) is 25.5. The summed E-state index contributed by atoms with van der Waals surface area (Å²) in [5, 5.41) is 3.37. The van der Waals surface area contributed by atoms with E-state index in [1.54, 1.807) is 6.33 Å². The van der Waals surface area contributed by atoms with Crippen molar-refractivity contribution in [3.8, 4) is 0 Å². The first-order valence-electron chi connectivity index (χ1n) is 5.62. The third-order valence-corrected chi connectivity index (χ3v) is 2.88. The quantitative estimate of drug-likeness (QED) is 0.818. The molecule has 1 aromatic rings. The van der Waals surface area contributed by atoms with Crippen molar-refractivity contribution >= 4 is 5.82 Å². The molecule has 2 aliphatic rings. The highest BCUT2D eigenvalue weighted by Gasteiger charge is 2.23. The summed E-state index contributed by atoms with van der Waals surface area (Å²) in [6.45, 7) is 0.861. The summed E-state index contributed by atoms with van der Waals surface area (Å²) in [6.07, 6.45) is 6.56. The Labute approximate surface area is 89.1 Å². The number of hydrogen-bond donors (Lipinski definition) is 1. The highest BCUT2D eigenvalue weighted by molar-refractivity contribution is 5.38. The topological polar surface area (TPSA) is 47.0 Å². The molecule has 0 radical (unpaired) electrons. The number of hydrogen-bond acceptors (Lipinski definition) is 4. The second-order valence-electron chi connectivity index (χ2n) is 4.25. The minimum Gasteiger partial charge on any atom is -0.372 e. The van der Waals surface area contributed by atoms with Crippen LogP contribution in [0, 0.1) is 0 Å². The monoisotopic (exact) mass is 205 g/mol. The maximum absolute atomic E-state index is 5.60. The van der Waals surface area contributed by atoms with Gasteiger partial charge in [-0.2, -0.15) is 0 Å². The van der Waals surface area contributed by atoms with Crippen LogP contribution in [-0.4, -0.2) is 22.6 Å². The van der Waals surface area contributed by atoms with Crippen molar-refractivity contribution < 1.29 is 4.74 Å². The van der Waals surface area contributed by atoms with E-state index < -0.39 is 0 Å². The van der Waals surface area contributed by atoms with E-state index in [0.717, 1.165) is 31.0 Å². The van der Waals surface area contributed by atoms with Gasteiger partial charge in [0, 0.05) is 18.7 Å². The van der Waals surface area contributed by atoms with Crippen molar-refractivity contribution in [2.75, 3.05) is 11.9 Å². The van der Waals surface area contributed by atoms with Gasteiger partial charge < -0.3 is 10.1 Å². The number of nitrogens with zero attached hydrogens (tertiary/aromatic N) is 2. The Hall–Kier alpha value is -1.16. The van der Waals surface area contributed by atoms with E-state index in [2.05, 4.69) is 15.3 Å². The molecule has 1 aliphatic carbocycles. The molecule has 15 heavy (non-hydrogen) atoms. The summed E-state index contributed by atoms with van der Waals surface area (Å²) in [4.78, 5) is 8.49. The van der Waals surface area contributed by atoms with Crippen LogP contribution in [0.5, 0.6) is 0 Å². The van der Waals surface area contributed by atoms with E-state index in [0.29, 0.717) is 6.04 Å². The lowest BCUT2D eigenvalue weighted by molar-refractivity contribution is 0.108. The molecule has 4 nitrogen and oxygen atoms in total. The van der Waals surface area contributed by atoms with Crippen LogP contribution in [0.2, 0.25) is 0 Å². The molecule has 1 atom stereocenters. The molecule has 3 rings (SSSR count). The number of nitrogens with one attached hydrogen (secondary N) is 1. The third-order valence-electron chi connectivity index (χ3n) is 2.88. The zero-order valence-electron chi connectivity index (χ0n) is 8.65. The zero-order chi connectivity index (χ0) is 10.1. The fraction of sp³-hybridized carbons (Fsp3) is 0.636. The highest BCUT2D eigenvalue weighted by atomic mass is 16.5. The molecular formula is C11H15N3O. The first-order valence-corrected chi connectivity index (χ1v) is 5.62. The molecule has 0 amide bonds. The zero-order valence-corrected chi connectivity index (χ0v) is 8.65. The van der Waals surface area contributed by atoms with Gasteiger partial charge in [-0.25, -0.2) is 9.97 Å². The van der Waals surface area contributed by atoms with E-state index in [-0.39, 0.29) is 6.10 Å². The Kier molecular flexibility index (Phi) is 2.29. The SMILES string of the molecule is c1nc(NC2CC2)cc(C2CCCO2)n1. The Morgan fingerprint density at radius 2 is 2.20 bits per heavy atom. The Morgan fingerprint density at radius 1 is 1.27 bits per heavy atom. The summed E-state index contributed by atoms with van der Waals surface area (Å²) in [5.41, 5.74) is 1.02. The molecule has 1 N–H and O–H groups in total. The minimum absolute atomic E-state index is 0.188. The van der Waals surface area contributed by atoms with Gasteiger partial charge in [-0.05, 0) is 25.7 Å². The van der Waals surface area contributed by atoms with Gasteiger partial charge in [0.15, 0.2) is 0 Å². The van der Waals surface area contributed by atoms with E-state index in [1.807, 2.05) is 6.07 Å². The van der Waals surface area contributed by atoms with Crippen LogP contribution >= 0.6 is 0 Å². The van der Waals surface area contributed by atoms with Crippen LogP contribution in [0.25, 0.3) is 0 Å². The molecule has 1 aromatic heterocycles. The average Bonchev–Trinajstić information content (AvgIpc) is 2.91. The maximum atomic E-state index is 5.60. The second-order valence-corrected chi connectivity index (χ2v) is 4.25. The molecular weight excluding hydrogens is 190 g/mol. The van der Waals surface area contributed by atoms with Crippen molar-refractivity contribution in [3.05, 3.63) is 18.1 Å². The van der Waals surface area contributed by atoms with Gasteiger partial charge in [0.25, 0.3) is 0 Å². The molecule has 80 valence electrons. The lowest BCUT2D eigenvalue weighted by Gasteiger charge is -2.10. The third kappa shape index (κ3) is 2.09. The van der Waals surface area contributed by atoms with Crippen LogP contribution in [0.4, 0.5) is 5.82 Å². The number of ether oxygens (including phenoxy) is 1. The first-order chi connectivity index (χ1) is 7.42. The van der Waals surface area contributed by atoms with Gasteiger partial charge in [-0.15, -0.1) is 0 Å². The van der Waals surface area contributed by atoms with Gasteiger partial charge in [0.2, 0.25) is 0 Å². The molecule has 0 spiro atoms. The van der Waals surface area contributed by atoms with Crippen molar-refractivity contribution in [1.82, 2.24) is 9.97 Å². The number of aromatic nitrogens is 2. The van der Waals surface area contributed by atoms with Gasteiger partial charge in [-0.3, -0.25) is 0 Å².